The highest BCUT2D eigenvalue weighted by atomic mass is 14.9. The largest absolute Gasteiger partial charge is 0.310 e. The van der Waals surface area contributed by atoms with Crippen LogP contribution >= 0.6 is 0 Å². The lowest BCUT2D eigenvalue weighted by Crippen LogP contribution is -2.36. The second-order valence-electron chi connectivity index (χ2n) is 5.84. The van der Waals surface area contributed by atoms with Gasteiger partial charge in [-0.2, -0.15) is 0 Å². The predicted octanol–water partition coefficient (Wildman–Crippen LogP) is 3.90. The third-order valence-corrected chi connectivity index (χ3v) is 3.93. The van der Waals surface area contributed by atoms with Gasteiger partial charge in [0.05, 0.1) is 0 Å². The summed E-state index contributed by atoms with van der Waals surface area (Å²) < 4.78 is 0. The normalized spacial score (nSPS) is 19.2. The summed E-state index contributed by atoms with van der Waals surface area (Å²) >= 11 is 0. The van der Waals surface area contributed by atoms with Crippen LogP contribution in [0.3, 0.4) is 0 Å². The Labute approximate surface area is 109 Å². The summed E-state index contributed by atoms with van der Waals surface area (Å²) in [5.74, 6) is 0.763. The summed E-state index contributed by atoms with van der Waals surface area (Å²) in [4.78, 5) is 0. The maximum Gasteiger partial charge on any atom is 0.0211 e. The van der Waals surface area contributed by atoms with Crippen molar-refractivity contribution in [2.24, 2.45) is 5.92 Å². The first-order valence-electron chi connectivity index (χ1n) is 6.97. The zero-order chi connectivity index (χ0) is 12.5. The molecule has 94 valence electrons. The Morgan fingerprint density at radius 3 is 2.83 bits per heavy atom. The Hall–Kier alpha value is -1.34. The fourth-order valence-corrected chi connectivity index (χ4v) is 3.10. The standard InChI is InChI=1S/C17H21N/c1-12(2)9-15-10-17-14(11-18-15)8-7-13-5-3-4-6-16(13)17/h3-8,12,15,18H,9-11H2,1-2H3. The second-order valence-corrected chi connectivity index (χ2v) is 5.84. The van der Waals surface area contributed by atoms with Crippen molar-refractivity contribution in [3.63, 3.8) is 0 Å². The van der Waals surface area contributed by atoms with Crippen LogP contribution in [0, 0.1) is 5.92 Å². The van der Waals surface area contributed by atoms with Gasteiger partial charge in [0.1, 0.15) is 0 Å². The van der Waals surface area contributed by atoms with E-state index in [1.807, 2.05) is 0 Å². The van der Waals surface area contributed by atoms with Crippen LogP contribution in [0.25, 0.3) is 10.8 Å². The van der Waals surface area contributed by atoms with Crippen LogP contribution in [-0.2, 0) is 13.0 Å². The Morgan fingerprint density at radius 1 is 1.17 bits per heavy atom. The van der Waals surface area contributed by atoms with Crippen molar-refractivity contribution in [1.29, 1.82) is 0 Å². The molecule has 0 amide bonds. The summed E-state index contributed by atoms with van der Waals surface area (Å²) in [5.41, 5.74) is 3.05. The van der Waals surface area contributed by atoms with Gasteiger partial charge in [-0.05, 0) is 40.7 Å². The van der Waals surface area contributed by atoms with Gasteiger partial charge in [0.15, 0.2) is 0 Å². The number of hydrogen-bond donors (Lipinski definition) is 1. The van der Waals surface area contributed by atoms with Crippen molar-refractivity contribution in [2.45, 2.75) is 39.3 Å². The van der Waals surface area contributed by atoms with Crippen LogP contribution in [-0.4, -0.2) is 6.04 Å². The average Bonchev–Trinajstić information content (AvgIpc) is 2.38. The minimum Gasteiger partial charge on any atom is -0.310 e. The van der Waals surface area contributed by atoms with Gasteiger partial charge in [-0.3, -0.25) is 0 Å². The highest BCUT2D eigenvalue weighted by Crippen LogP contribution is 2.27. The van der Waals surface area contributed by atoms with Gasteiger partial charge >= 0.3 is 0 Å². The molecule has 18 heavy (non-hydrogen) atoms. The first kappa shape index (κ1) is 11.7. The molecule has 1 N–H and O–H groups in total. The smallest absolute Gasteiger partial charge is 0.0211 e. The van der Waals surface area contributed by atoms with E-state index in [1.54, 1.807) is 5.56 Å². The van der Waals surface area contributed by atoms with Crippen molar-refractivity contribution in [3.05, 3.63) is 47.5 Å². The molecule has 0 aromatic heterocycles. The molecule has 1 atom stereocenters. The number of benzene rings is 2. The third-order valence-electron chi connectivity index (χ3n) is 3.93. The molecule has 1 heterocycles. The van der Waals surface area contributed by atoms with Crippen LogP contribution in [0.5, 0.6) is 0 Å². The van der Waals surface area contributed by atoms with Gasteiger partial charge < -0.3 is 5.32 Å². The molecule has 1 heteroatoms. The molecule has 0 fully saturated rings. The zero-order valence-electron chi connectivity index (χ0n) is 11.2. The second kappa shape index (κ2) is 4.74. The predicted molar refractivity (Wildman–Crippen MR) is 77.7 cm³/mol. The quantitative estimate of drug-likeness (QED) is 0.838. The number of fused-ring (bicyclic) bond motifs is 3. The summed E-state index contributed by atoms with van der Waals surface area (Å²) in [5, 5.41) is 6.50. The molecule has 2 aromatic carbocycles. The van der Waals surface area contributed by atoms with Crippen LogP contribution in [0.15, 0.2) is 36.4 Å². The molecule has 0 saturated heterocycles. The highest BCUT2D eigenvalue weighted by Gasteiger charge is 2.20. The van der Waals surface area contributed by atoms with Crippen LogP contribution in [0.2, 0.25) is 0 Å². The van der Waals surface area contributed by atoms with E-state index in [0.29, 0.717) is 6.04 Å². The molecule has 0 spiro atoms. The van der Waals surface area contributed by atoms with Gasteiger partial charge in [-0.15, -0.1) is 0 Å². The monoisotopic (exact) mass is 239 g/mol. The van der Waals surface area contributed by atoms with E-state index in [-0.39, 0.29) is 0 Å². The number of hydrogen-bond acceptors (Lipinski definition) is 1. The molecule has 1 aliphatic rings. The lowest BCUT2D eigenvalue weighted by atomic mass is 9.88. The molecule has 3 rings (SSSR count). The van der Waals surface area contributed by atoms with Crippen molar-refractivity contribution < 1.29 is 0 Å². The minimum atomic E-state index is 0.642. The summed E-state index contributed by atoms with van der Waals surface area (Å²) in [7, 11) is 0. The van der Waals surface area contributed by atoms with Gasteiger partial charge in [0, 0.05) is 12.6 Å². The van der Waals surface area contributed by atoms with Crippen molar-refractivity contribution in [2.75, 3.05) is 0 Å². The summed E-state index contributed by atoms with van der Waals surface area (Å²) in [6.45, 7) is 5.64. The Morgan fingerprint density at radius 2 is 2.00 bits per heavy atom. The zero-order valence-corrected chi connectivity index (χ0v) is 11.2. The van der Waals surface area contributed by atoms with E-state index in [0.717, 1.165) is 12.5 Å². The first-order chi connectivity index (χ1) is 8.74. The SMILES string of the molecule is CC(C)CC1Cc2c(ccc3ccccc23)CN1. The lowest BCUT2D eigenvalue weighted by molar-refractivity contribution is 0.399. The van der Waals surface area contributed by atoms with Gasteiger partial charge in [0.25, 0.3) is 0 Å². The maximum atomic E-state index is 3.67. The average molecular weight is 239 g/mol. The third kappa shape index (κ3) is 2.15. The first-order valence-corrected chi connectivity index (χ1v) is 6.97. The van der Waals surface area contributed by atoms with Crippen LogP contribution < -0.4 is 5.32 Å². The molecule has 0 saturated carbocycles. The molecular formula is C17H21N. The molecule has 2 aromatic rings. The lowest BCUT2D eigenvalue weighted by Gasteiger charge is -2.28. The molecule has 0 bridgehead atoms. The fourth-order valence-electron chi connectivity index (χ4n) is 3.10. The molecular weight excluding hydrogens is 218 g/mol. The number of rotatable bonds is 2. The fraction of sp³-hybridized carbons (Fsp3) is 0.412. The van der Waals surface area contributed by atoms with E-state index in [9.17, 15) is 0 Å². The molecule has 1 aliphatic heterocycles. The topological polar surface area (TPSA) is 12.0 Å². The Kier molecular flexibility index (Phi) is 3.09. The van der Waals surface area contributed by atoms with Crippen molar-refractivity contribution in [1.82, 2.24) is 5.32 Å². The van der Waals surface area contributed by atoms with Gasteiger partial charge in [-0.1, -0.05) is 50.2 Å². The van der Waals surface area contributed by atoms with Crippen LogP contribution in [0.4, 0.5) is 0 Å². The molecule has 1 unspecified atom stereocenters. The molecule has 1 nitrogen and oxygen atoms in total. The summed E-state index contributed by atoms with van der Waals surface area (Å²) in [6.07, 6.45) is 2.44. The van der Waals surface area contributed by atoms with E-state index >= 15 is 0 Å². The van der Waals surface area contributed by atoms with Crippen LogP contribution in [0.1, 0.15) is 31.4 Å². The van der Waals surface area contributed by atoms with Crippen molar-refractivity contribution >= 4 is 10.8 Å². The van der Waals surface area contributed by atoms with E-state index < -0.39 is 0 Å². The summed E-state index contributed by atoms with van der Waals surface area (Å²) in [6, 6.07) is 13.9. The Balaban J connectivity index is 1.99. The van der Waals surface area contributed by atoms with E-state index in [4.69, 9.17) is 0 Å². The number of nitrogens with one attached hydrogen (secondary N) is 1. The van der Waals surface area contributed by atoms with Crippen molar-refractivity contribution in [3.8, 4) is 0 Å². The molecule has 0 aliphatic carbocycles. The molecule has 0 radical (unpaired) electrons. The minimum absolute atomic E-state index is 0.642. The van der Waals surface area contributed by atoms with E-state index in [2.05, 4.69) is 55.6 Å². The highest BCUT2D eigenvalue weighted by molar-refractivity contribution is 5.87. The van der Waals surface area contributed by atoms with Gasteiger partial charge in [0.2, 0.25) is 0 Å². The van der Waals surface area contributed by atoms with E-state index in [1.165, 1.54) is 29.2 Å². The maximum absolute atomic E-state index is 3.67. The Bertz CT molecular complexity index is 557. The van der Waals surface area contributed by atoms with Gasteiger partial charge in [-0.25, -0.2) is 0 Å².